The van der Waals surface area contributed by atoms with Crippen LogP contribution in [0.15, 0.2) is 77.7 Å². The van der Waals surface area contributed by atoms with E-state index in [1.807, 2.05) is 6.07 Å². The summed E-state index contributed by atoms with van der Waals surface area (Å²) in [6, 6.07) is 19.6. The number of carbonyl (C=O) groups excluding carboxylic acids is 2. The van der Waals surface area contributed by atoms with Gasteiger partial charge in [0.25, 0.3) is 5.91 Å². The van der Waals surface area contributed by atoms with E-state index in [1.165, 1.54) is 36.0 Å². The van der Waals surface area contributed by atoms with Crippen LogP contribution in [0.4, 0.5) is 15.8 Å². The first kappa shape index (κ1) is 20.4. The Labute approximate surface area is 172 Å². The van der Waals surface area contributed by atoms with Crippen molar-refractivity contribution in [2.75, 3.05) is 23.5 Å². The molecule has 0 saturated heterocycles. The Morgan fingerprint density at radius 1 is 0.931 bits per heavy atom. The number of anilines is 2. The van der Waals surface area contributed by atoms with Crippen LogP contribution < -0.4 is 15.4 Å². The number of thioether (sulfide) groups is 1. The van der Waals surface area contributed by atoms with E-state index in [-0.39, 0.29) is 17.6 Å². The van der Waals surface area contributed by atoms with Crippen molar-refractivity contribution in [2.24, 2.45) is 0 Å². The summed E-state index contributed by atoms with van der Waals surface area (Å²) in [6.45, 7) is 0. The van der Waals surface area contributed by atoms with E-state index in [1.54, 1.807) is 49.6 Å². The molecular formula is C22H19FN2O3S. The molecule has 0 heterocycles. The minimum absolute atomic E-state index is 0.149. The molecule has 0 aromatic heterocycles. The Morgan fingerprint density at radius 2 is 1.62 bits per heavy atom. The molecule has 3 aromatic carbocycles. The summed E-state index contributed by atoms with van der Waals surface area (Å²) in [7, 11) is 1.57. The van der Waals surface area contributed by atoms with Gasteiger partial charge >= 0.3 is 0 Å². The van der Waals surface area contributed by atoms with E-state index >= 15 is 0 Å². The second kappa shape index (κ2) is 9.75. The molecule has 3 aromatic rings. The van der Waals surface area contributed by atoms with Crippen LogP contribution in [0.2, 0.25) is 0 Å². The molecule has 5 nitrogen and oxygen atoms in total. The number of rotatable bonds is 7. The van der Waals surface area contributed by atoms with E-state index in [9.17, 15) is 14.0 Å². The van der Waals surface area contributed by atoms with Gasteiger partial charge in [0, 0.05) is 27.9 Å². The highest BCUT2D eigenvalue weighted by atomic mass is 32.2. The molecule has 148 valence electrons. The predicted molar refractivity (Wildman–Crippen MR) is 113 cm³/mol. The van der Waals surface area contributed by atoms with Crippen molar-refractivity contribution in [1.82, 2.24) is 0 Å². The smallest absolute Gasteiger partial charge is 0.255 e. The average molecular weight is 410 g/mol. The van der Waals surface area contributed by atoms with Gasteiger partial charge in [0.15, 0.2) is 0 Å². The summed E-state index contributed by atoms with van der Waals surface area (Å²) in [5.74, 6) is 0.00573. The summed E-state index contributed by atoms with van der Waals surface area (Å²) in [4.78, 5) is 25.3. The molecule has 0 atom stereocenters. The fraction of sp³-hybridized carbons (Fsp3) is 0.0909. The Hall–Kier alpha value is -3.32. The predicted octanol–water partition coefficient (Wildman–Crippen LogP) is 4.82. The Kier molecular flexibility index (Phi) is 6.86. The number of carbonyl (C=O) groups is 2. The van der Waals surface area contributed by atoms with Crippen molar-refractivity contribution in [3.63, 3.8) is 0 Å². The first-order valence-corrected chi connectivity index (χ1v) is 9.76. The van der Waals surface area contributed by atoms with Gasteiger partial charge in [0.1, 0.15) is 11.6 Å². The Morgan fingerprint density at radius 3 is 2.34 bits per heavy atom. The lowest BCUT2D eigenvalue weighted by Crippen LogP contribution is -2.14. The summed E-state index contributed by atoms with van der Waals surface area (Å²) in [5.41, 5.74) is 1.62. The van der Waals surface area contributed by atoms with Crippen LogP contribution in [-0.2, 0) is 4.79 Å². The number of benzene rings is 3. The maximum atomic E-state index is 13.0. The molecule has 0 aliphatic heterocycles. The van der Waals surface area contributed by atoms with E-state index in [4.69, 9.17) is 4.74 Å². The van der Waals surface area contributed by atoms with Gasteiger partial charge in [-0.3, -0.25) is 9.59 Å². The highest BCUT2D eigenvalue weighted by Crippen LogP contribution is 2.23. The molecule has 7 heteroatoms. The standard InChI is InChI=1S/C22H19FN2O3S/c1-28-19-6-2-4-17(12-19)24-21(26)14-29-20-7-3-5-18(13-20)25-22(27)15-8-10-16(23)11-9-15/h2-13H,14H2,1H3,(H,24,26)(H,25,27). The number of ether oxygens (including phenoxy) is 1. The lowest BCUT2D eigenvalue weighted by Gasteiger charge is -2.09. The molecule has 0 unspecified atom stereocenters. The number of halogens is 1. The molecule has 0 fully saturated rings. The first-order chi connectivity index (χ1) is 14.0. The summed E-state index contributed by atoms with van der Waals surface area (Å²) in [6.07, 6.45) is 0. The van der Waals surface area contributed by atoms with Gasteiger partial charge in [0.2, 0.25) is 5.91 Å². The molecule has 29 heavy (non-hydrogen) atoms. The van der Waals surface area contributed by atoms with Crippen LogP contribution in [0.25, 0.3) is 0 Å². The minimum atomic E-state index is -0.396. The zero-order valence-electron chi connectivity index (χ0n) is 15.6. The minimum Gasteiger partial charge on any atom is -0.497 e. The Balaban J connectivity index is 1.55. The number of hydrogen-bond acceptors (Lipinski definition) is 4. The van der Waals surface area contributed by atoms with Crippen molar-refractivity contribution < 1.29 is 18.7 Å². The second-order valence-corrected chi connectivity index (χ2v) is 7.11. The number of methoxy groups -OCH3 is 1. The van der Waals surface area contributed by atoms with Crippen LogP contribution in [0.5, 0.6) is 5.75 Å². The van der Waals surface area contributed by atoms with Crippen LogP contribution in [0.3, 0.4) is 0 Å². The zero-order chi connectivity index (χ0) is 20.6. The van der Waals surface area contributed by atoms with Crippen molar-refractivity contribution in [3.05, 3.63) is 84.2 Å². The molecule has 0 spiro atoms. The quantitative estimate of drug-likeness (QED) is 0.548. The third kappa shape index (κ3) is 6.08. The summed E-state index contributed by atoms with van der Waals surface area (Å²) in [5, 5.41) is 5.59. The molecule has 0 saturated carbocycles. The molecule has 3 rings (SSSR count). The second-order valence-electron chi connectivity index (χ2n) is 6.06. The maximum absolute atomic E-state index is 13.0. The van der Waals surface area contributed by atoms with Gasteiger partial charge in [-0.1, -0.05) is 12.1 Å². The van der Waals surface area contributed by atoms with E-state index < -0.39 is 5.82 Å². The van der Waals surface area contributed by atoms with Crippen LogP contribution in [0, 0.1) is 5.82 Å². The molecule has 0 aliphatic carbocycles. The molecule has 2 amide bonds. The van der Waals surface area contributed by atoms with Gasteiger partial charge in [-0.05, 0) is 54.6 Å². The van der Waals surface area contributed by atoms with E-state index in [0.29, 0.717) is 22.7 Å². The normalized spacial score (nSPS) is 10.3. The van der Waals surface area contributed by atoms with Crippen molar-refractivity contribution in [1.29, 1.82) is 0 Å². The van der Waals surface area contributed by atoms with Gasteiger partial charge in [0.05, 0.1) is 12.9 Å². The highest BCUT2D eigenvalue weighted by molar-refractivity contribution is 8.00. The van der Waals surface area contributed by atoms with E-state index in [0.717, 1.165) is 4.90 Å². The van der Waals surface area contributed by atoms with Gasteiger partial charge in [-0.2, -0.15) is 0 Å². The van der Waals surface area contributed by atoms with Crippen molar-refractivity contribution in [2.45, 2.75) is 4.90 Å². The lowest BCUT2D eigenvalue weighted by atomic mass is 10.2. The maximum Gasteiger partial charge on any atom is 0.255 e. The van der Waals surface area contributed by atoms with Crippen LogP contribution in [0.1, 0.15) is 10.4 Å². The molecule has 0 aliphatic rings. The molecule has 0 radical (unpaired) electrons. The van der Waals surface area contributed by atoms with Gasteiger partial charge < -0.3 is 15.4 Å². The number of amides is 2. The first-order valence-electron chi connectivity index (χ1n) is 8.77. The number of hydrogen-bond donors (Lipinski definition) is 2. The van der Waals surface area contributed by atoms with Crippen LogP contribution in [-0.4, -0.2) is 24.7 Å². The molecule has 0 bridgehead atoms. The monoisotopic (exact) mass is 410 g/mol. The molecular weight excluding hydrogens is 391 g/mol. The van der Waals surface area contributed by atoms with Crippen molar-refractivity contribution in [3.8, 4) is 5.75 Å². The SMILES string of the molecule is COc1cccc(NC(=O)CSc2cccc(NC(=O)c3ccc(F)cc3)c2)c1. The fourth-order valence-electron chi connectivity index (χ4n) is 2.51. The largest absolute Gasteiger partial charge is 0.497 e. The fourth-order valence-corrected chi connectivity index (χ4v) is 3.27. The lowest BCUT2D eigenvalue weighted by molar-refractivity contribution is -0.113. The van der Waals surface area contributed by atoms with E-state index in [2.05, 4.69) is 10.6 Å². The Bertz CT molecular complexity index is 1010. The summed E-state index contributed by atoms with van der Waals surface area (Å²) < 4.78 is 18.1. The van der Waals surface area contributed by atoms with Gasteiger partial charge in [-0.15, -0.1) is 11.8 Å². The highest BCUT2D eigenvalue weighted by Gasteiger charge is 2.08. The van der Waals surface area contributed by atoms with Gasteiger partial charge in [-0.25, -0.2) is 4.39 Å². The zero-order valence-corrected chi connectivity index (χ0v) is 16.5. The third-order valence-corrected chi connectivity index (χ3v) is 4.92. The number of nitrogens with one attached hydrogen (secondary N) is 2. The third-order valence-electron chi connectivity index (χ3n) is 3.92. The van der Waals surface area contributed by atoms with Crippen LogP contribution >= 0.6 is 11.8 Å². The summed E-state index contributed by atoms with van der Waals surface area (Å²) >= 11 is 1.35. The topological polar surface area (TPSA) is 67.4 Å². The molecule has 2 N–H and O–H groups in total. The van der Waals surface area contributed by atoms with Crippen molar-refractivity contribution >= 4 is 35.0 Å². The average Bonchev–Trinajstić information content (AvgIpc) is 2.73.